The van der Waals surface area contributed by atoms with E-state index >= 15 is 0 Å². The minimum Gasteiger partial charge on any atom is -0.382 e. The summed E-state index contributed by atoms with van der Waals surface area (Å²) in [6.07, 6.45) is 7.41. The van der Waals surface area contributed by atoms with E-state index in [1.54, 1.807) is 0 Å². The number of halogens is 1. The van der Waals surface area contributed by atoms with E-state index in [2.05, 4.69) is 31.1 Å². The third kappa shape index (κ3) is 8.43. The molecule has 2 aliphatic rings. The lowest BCUT2D eigenvalue weighted by Gasteiger charge is -2.27. The van der Waals surface area contributed by atoms with E-state index in [0.29, 0.717) is 5.41 Å². The van der Waals surface area contributed by atoms with Crippen LogP contribution in [0.25, 0.3) is 0 Å². The number of rotatable bonds is 10. The summed E-state index contributed by atoms with van der Waals surface area (Å²) < 4.78 is 11.0. The van der Waals surface area contributed by atoms with Crippen LogP contribution < -0.4 is 5.32 Å². The fourth-order valence-electron chi connectivity index (χ4n) is 3.33. The Morgan fingerprint density at radius 2 is 2.00 bits per heavy atom. The molecule has 2 fully saturated rings. The maximum atomic E-state index is 5.53. The molecule has 25 heavy (non-hydrogen) atoms. The molecule has 0 spiro atoms. The molecule has 1 N–H and O–H groups in total. The van der Waals surface area contributed by atoms with Crippen LogP contribution in [0.1, 0.15) is 52.4 Å². The highest BCUT2D eigenvalue weighted by Crippen LogP contribution is 2.49. The fourth-order valence-corrected chi connectivity index (χ4v) is 3.33. The van der Waals surface area contributed by atoms with Gasteiger partial charge in [0.25, 0.3) is 0 Å². The minimum absolute atomic E-state index is 0. The van der Waals surface area contributed by atoms with Gasteiger partial charge in [-0.05, 0) is 63.7 Å². The van der Waals surface area contributed by atoms with Crippen LogP contribution in [0.15, 0.2) is 4.99 Å². The van der Waals surface area contributed by atoms with Crippen molar-refractivity contribution in [2.45, 2.75) is 52.4 Å². The second-order valence-corrected chi connectivity index (χ2v) is 7.38. The number of hydrogen-bond acceptors (Lipinski definition) is 3. The summed E-state index contributed by atoms with van der Waals surface area (Å²) in [7, 11) is 2.17. The molecular weight excluding hydrogens is 429 g/mol. The lowest BCUT2D eigenvalue weighted by molar-refractivity contribution is 0.0625. The number of ether oxygens (including phenoxy) is 2. The molecule has 0 unspecified atom stereocenters. The molecule has 0 bridgehead atoms. The van der Waals surface area contributed by atoms with Crippen molar-refractivity contribution in [1.82, 2.24) is 10.2 Å². The van der Waals surface area contributed by atoms with E-state index in [4.69, 9.17) is 14.5 Å². The van der Waals surface area contributed by atoms with Crippen LogP contribution in [0, 0.1) is 11.3 Å². The van der Waals surface area contributed by atoms with Gasteiger partial charge >= 0.3 is 0 Å². The molecule has 5 nitrogen and oxygen atoms in total. The number of nitrogens with one attached hydrogen (secondary N) is 1. The van der Waals surface area contributed by atoms with Gasteiger partial charge in [0.15, 0.2) is 5.96 Å². The Bertz CT molecular complexity index is 383. The van der Waals surface area contributed by atoms with E-state index in [9.17, 15) is 0 Å². The van der Waals surface area contributed by atoms with Crippen LogP contribution >= 0.6 is 24.0 Å². The lowest BCUT2D eigenvalue weighted by Crippen LogP contribution is -2.40. The van der Waals surface area contributed by atoms with Gasteiger partial charge in [-0.2, -0.15) is 0 Å². The Labute approximate surface area is 171 Å². The zero-order valence-corrected chi connectivity index (χ0v) is 18.7. The molecule has 0 amide bonds. The van der Waals surface area contributed by atoms with Gasteiger partial charge in [0.1, 0.15) is 0 Å². The van der Waals surface area contributed by atoms with E-state index in [0.717, 1.165) is 64.4 Å². The quantitative estimate of drug-likeness (QED) is 0.231. The van der Waals surface area contributed by atoms with E-state index in [1.165, 1.54) is 32.1 Å². The molecular formula is C19H38IN3O2. The topological polar surface area (TPSA) is 46.1 Å². The monoisotopic (exact) mass is 467 g/mol. The van der Waals surface area contributed by atoms with Crippen molar-refractivity contribution < 1.29 is 9.47 Å². The summed E-state index contributed by atoms with van der Waals surface area (Å²) in [4.78, 5) is 7.24. The summed E-state index contributed by atoms with van der Waals surface area (Å²) >= 11 is 0. The molecule has 1 aliphatic carbocycles. The molecule has 0 aromatic rings. The number of aliphatic imine (C=N–C) groups is 1. The maximum absolute atomic E-state index is 5.53. The van der Waals surface area contributed by atoms with Crippen LogP contribution in [0.3, 0.4) is 0 Å². The highest BCUT2D eigenvalue weighted by atomic mass is 127. The maximum Gasteiger partial charge on any atom is 0.193 e. The van der Waals surface area contributed by atoms with Gasteiger partial charge in [0.05, 0.1) is 0 Å². The van der Waals surface area contributed by atoms with E-state index in [-0.39, 0.29) is 24.0 Å². The Morgan fingerprint density at radius 1 is 1.28 bits per heavy atom. The summed E-state index contributed by atoms with van der Waals surface area (Å²) in [5, 5.41) is 3.46. The standard InChI is InChI=1S/C19H37N3O2.HI/c1-4-20-18(21-16-19(9-10-19)11-15-23-5-2)22(3)12-6-17-7-13-24-14-8-17;/h17H,4-16H2,1-3H3,(H,20,21);1H. The number of nitrogens with zero attached hydrogens (tertiary/aromatic N) is 2. The zero-order valence-electron chi connectivity index (χ0n) is 16.4. The summed E-state index contributed by atoms with van der Waals surface area (Å²) in [5.41, 5.74) is 0.414. The molecule has 2 rings (SSSR count). The van der Waals surface area contributed by atoms with Crippen LogP contribution in [-0.2, 0) is 9.47 Å². The fraction of sp³-hybridized carbons (Fsp3) is 0.947. The third-order valence-corrected chi connectivity index (χ3v) is 5.41. The van der Waals surface area contributed by atoms with E-state index < -0.39 is 0 Å². The van der Waals surface area contributed by atoms with Gasteiger partial charge in [-0.25, -0.2) is 0 Å². The van der Waals surface area contributed by atoms with Crippen LogP contribution in [-0.4, -0.2) is 64.0 Å². The van der Waals surface area contributed by atoms with Gasteiger partial charge < -0.3 is 19.7 Å². The van der Waals surface area contributed by atoms with Crippen molar-refractivity contribution in [3.63, 3.8) is 0 Å². The van der Waals surface area contributed by atoms with Gasteiger partial charge in [0.2, 0.25) is 0 Å². The Morgan fingerprint density at radius 3 is 2.60 bits per heavy atom. The van der Waals surface area contributed by atoms with Crippen LogP contribution in [0.2, 0.25) is 0 Å². The average Bonchev–Trinajstić information content (AvgIpc) is 3.38. The molecule has 1 aliphatic heterocycles. The summed E-state index contributed by atoms with van der Waals surface area (Å²) in [6, 6.07) is 0. The Balaban J connectivity index is 0.00000312. The zero-order chi connectivity index (χ0) is 17.3. The summed E-state index contributed by atoms with van der Waals surface area (Å²) in [6.45, 7) is 10.7. The van der Waals surface area contributed by atoms with Crippen molar-refractivity contribution in [3.05, 3.63) is 0 Å². The molecule has 1 heterocycles. The van der Waals surface area contributed by atoms with Crippen LogP contribution in [0.5, 0.6) is 0 Å². The number of hydrogen-bond donors (Lipinski definition) is 1. The van der Waals surface area contributed by atoms with Gasteiger partial charge in [0, 0.05) is 53.1 Å². The highest BCUT2D eigenvalue weighted by Gasteiger charge is 2.42. The second kappa shape index (κ2) is 12.3. The molecule has 0 aromatic carbocycles. The van der Waals surface area contributed by atoms with Crippen molar-refractivity contribution in [3.8, 4) is 0 Å². The smallest absolute Gasteiger partial charge is 0.193 e. The normalized spacial score (nSPS) is 20.0. The molecule has 1 saturated carbocycles. The summed E-state index contributed by atoms with van der Waals surface area (Å²) in [5.74, 6) is 1.87. The predicted octanol–water partition coefficient (Wildman–Crippen LogP) is 3.53. The van der Waals surface area contributed by atoms with Gasteiger partial charge in [-0.15, -0.1) is 24.0 Å². The first kappa shape index (κ1) is 23.0. The van der Waals surface area contributed by atoms with Crippen LogP contribution in [0.4, 0.5) is 0 Å². The van der Waals surface area contributed by atoms with Crippen molar-refractivity contribution >= 4 is 29.9 Å². The number of guanidine groups is 1. The average molecular weight is 467 g/mol. The molecule has 0 radical (unpaired) electrons. The first-order valence-electron chi connectivity index (χ1n) is 9.84. The molecule has 0 atom stereocenters. The molecule has 148 valence electrons. The highest BCUT2D eigenvalue weighted by molar-refractivity contribution is 14.0. The SMILES string of the molecule is CCNC(=NCC1(CCOCC)CC1)N(C)CCC1CCOCC1.I. The lowest BCUT2D eigenvalue weighted by atomic mass is 9.96. The minimum atomic E-state index is 0. The Hall–Kier alpha value is -0.0800. The first-order chi connectivity index (χ1) is 11.7. The predicted molar refractivity (Wildman–Crippen MR) is 115 cm³/mol. The van der Waals surface area contributed by atoms with Gasteiger partial charge in [-0.3, -0.25) is 4.99 Å². The first-order valence-corrected chi connectivity index (χ1v) is 9.84. The Kier molecular flexibility index (Phi) is 11.3. The third-order valence-electron chi connectivity index (χ3n) is 5.41. The van der Waals surface area contributed by atoms with Crippen molar-refractivity contribution in [2.24, 2.45) is 16.3 Å². The van der Waals surface area contributed by atoms with E-state index in [1.807, 2.05) is 0 Å². The second-order valence-electron chi connectivity index (χ2n) is 7.38. The molecule has 0 aromatic heterocycles. The largest absolute Gasteiger partial charge is 0.382 e. The van der Waals surface area contributed by atoms with Gasteiger partial charge in [-0.1, -0.05) is 0 Å². The molecule has 6 heteroatoms. The van der Waals surface area contributed by atoms with Crippen molar-refractivity contribution in [1.29, 1.82) is 0 Å². The van der Waals surface area contributed by atoms with Crippen molar-refractivity contribution in [2.75, 3.05) is 53.1 Å². The molecule has 1 saturated heterocycles.